The summed E-state index contributed by atoms with van der Waals surface area (Å²) < 4.78 is 5.45. The minimum atomic E-state index is -0.512. The van der Waals surface area contributed by atoms with Gasteiger partial charge in [0.2, 0.25) is 11.8 Å². The second-order valence-electron chi connectivity index (χ2n) is 6.40. The predicted molar refractivity (Wildman–Crippen MR) is 99.2 cm³/mol. The SMILES string of the molecule is NCCC(=O)NCC1CCCCN1C(=O)CCOc1ccccc1[N+](=O)[O-]. The zero-order chi connectivity index (χ0) is 19.6. The van der Waals surface area contributed by atoms with Crippen molar-refractivity contribution in [1.82, 2.24) is 10.2 Å². The van der Waals surface area contributed by atoms with E-state index in [1.165, 1.54) is 12.1 Å². The lowest BCUT2D eigenvalue weighted by atomic mass is 10.0. The zero-order valence-electron chi connectivity index (χ0n) is 15.3. The Labute approximate surface area is 158 Å². The number of nitrogens with one attached hydrogen (secondary N) is 1. The van der Waals surface area contributed by atoms with Crippen molar-refractivity contribution in [2.45, 2.75) is 38.1 Å². The van der Waals surface area contributed by atoms with Gasteiger partial charge in [0.1, 0.15) is 0 Å². The summed E-state index contributed by atoms with van der Waals surface area (Å²) in [4.78, 5) is 36.4. The number of carbonyl (C=O) groups is 2. The van der Waals surface area contributed by atoms with Crippen LogP contribution in [0.4, 0.5) is 5.69 Å². The number of amides is 2. The number of piperidine rings is 1. The highest BCUT2D eigenvalue weighted by molar-refractivity contribution is 5.78. The second-order valence-corrected chi connectivity index (χ2v) is 6.40. The molecule has 1 aromatic rings. The van der Waals surface area contributed by atoms with Gasteiger partial charge in [-0.25, -0.2) is 0 Å². The molecule has 1 saturated heterocycles. The first-order valence-corrected chi connectivity index (χ1v) is 9.15. The Kier molecular flexibility index (Phi) is 8.00. The summed E-state index contributed by atoms with van der Waals surface area (Å²) in [5.41, 5.74) is 5.24. The van der Waals surface area contributed by atoms with Gasteiger partial charge >= 0.3 is 5.69 Å². The number of carbonyl (C=O) groups excluding carboxylic acids is 2. The number of nitrogens with zero attached hydrogens (tertiary/aromatic N) is 2. The summed E-state index contributed by atoms with van der Waals surface area (Å²) in [6, 6.07) is 6.04. The summed E-state index contributed by atoms with van der Waals surface area (Å²) in [6.07, 6.45) is 3.15. The van der Waals surface area contributed by atoms with Gasteiger partial charge in [-0.05, 0) is 25.3 Å². The van der Waals surface area contributed by atoms with Crippen molar-refractivity contribution >= 4 is 17.5 Å². The maximum atomic E-state index is 12.6. The van der Waals surface area contributed by atoms with E-state index in [-0.39, 0.29) is 48.7 Å². The summed E-state index contributed by atoms with van der Waals surface area (Å²) >= 11 is 0. The summed E-state index contributed by atoms with van der Waals surface area (Å²) in [5, 5.41) is 13.8. The first kappa shape index (κ1) is 20.6. The standard InChI is InChI=1S/C18H26N4O5/c19-10-8-17(23)20-13-14-5-3-4-11-21(14)18(24)9-12-27-16-7-2-1-6-15(16)22(25)26/h1-2,6-7,14H,3-5,8-13,19H2,(H,20,23). The van der Waals surface area contributed by atoms with Crippen LogP contribution in [-0.2, 0) is 9.59 Å². The van der Waals surface area contributed by atoms with E-state index in [0.717, 1.165) is 19.3 Å². The predicted octanol–water partition coefficient (Wildman–Crippen LogP) is 1.21. The molecule has 9 heteroatoms. The molecule has 1 heterocycles. The van der Waals surface area contributed by atoms with E-state index >= 15 is 0 Å². The van der Waals surface area contributed by atoms with Gasteiger partial charge in [-0.2, -0.15) is 0 Å². The van der Waals surface area contributed by atoms with E-state index in [0.29, 0.717) is 19.6 Å². The van der Waals surface area contributed by atoms with Crippen molar-refractivity contribution in [2.24, 2.45) is 5.73 Å². The molecule has 1 unspecified atom stereocenters. The molecule has 0 aromatic heterocycles. The van der Waals surface area contributed by atoms with Gasteiger partial charge in [0.15, 0.2) is 5.75 Å². The first-order chi connectivity index (χ1) is 13.0. The van der Waals surface area contributed by atoms with E-state index in [1.807, 2.05) is 0 Å². The van der Waals surface area contributed by atoms with Crippen LogP contribution in [0, 0.1) is 10.1 Å². The molecule has 1 atom stereocenters. The monoisotopic (exact) mass is 378 g/mol. The third kappa shape index (κ3) is 6.21. The molecule has 148 valence electrons. The van der Waals surface area contributed by atoms with Gasteiger partial charge in [0.25, 0.3) is 0 Å². The number of rotatable bonds is 9. The summed E-state index contributed by atoms with van der Waals surface area (Å²) in [6.45, 7) is 1.41. The third-order valence-electron chi connectivity index (χ3n) is 4.49. The van der Waals surface area contributed by atoms with Crippen molar-refractivity contribution in [3.63, 3.8) is 0 Å². The van der Waals surface area contributed by atoms with Gasteiger partial charge in [-0.1, -0.05) is 12.1 Å². The number of nitrogens with two attached hydrogens (primary N) is 1. The quantitative estimate of drug-likeness (QED) is 0.491. The highest BCUT2D eigenvalue weighted by Crippen LogP contribution is 2.26. The first-order valence-electron chi connectivity index (χ1n) is 9.15. The molecule has 2 amide bonds. The van der Waals surface area contributed by atoms with Crippen LogP contribution in [0.1, 0.15) is 32.1 Å². The Hall–Kier alpha value is -2.68. The largest absolute Gasteiger partial charge is 0.486 e. The molecule has 0 bridgehead atoms. The number of para-hydroxylation sites is 2. The average molecular weight is 378 g/mol. The lowest BCUT2D eigenvalue weighted by Gasteiger charge is -2.36. The molecule has 1 aromatic carbocycles. The minimum absolute atomic E-state index is 0.0426. The molecule has 27 heavy (non-hydrogen) atoms. The lowest BCUT2D eigenvalue weighted by Crippen LogP contribution is -2.49. The van der Waals surface area contributed by atoms with Crippen molar-refractivity contribution in [2.75, 3.05) is 26.2 Å². The number of benzene rings is 1. The van der Waals surface area contributed by atoms with Crippen molar-refractivity contribution in [1.29, 1.82) is 0 Å². The molecule has 1 aliphatic heterocycles. The lowest BCUT2D eigenvalue weighted by molar-refractivity contribution is -0.385. The molecule has 9 nitrogen and oxygen atoms in total. The van der Waals surface area contributed by atoms with E-state index in [9.17, 15) is 19.7 Å². The Morgan fingerprint density at radius 3 is 2.81 bits per heavy atom. The van der Waals surface area contributed by atoms with Crippen molar-refractivity contribution in [3.8, 4) is 5.75 Å². The molecule has 0 aliphatic carbocycles. The van der Waals surface area contributed by atoms with Crippen molar-refractivity contribution in [3.05, 3.63) is 34.4 Å². The second kappa shape index (κ2) is 10.5. The van der Waals surface area contributed by atoms with E-state index in [1.54, 1.807) is 17.0 Å². The van der Waals surface area contributed by atoms with Crippen LogP contribution in [0.25, 0.3) is 0 Å². The fourth-order valence-corrected chi connectivity index (χ4v) is 3.11. The molecular formula is C18H26N4O5. The molecule has 0 radical (unpaired) electrons. The number of ether oxygens (including phenoxy) is 1. The Morgan fingerprint density at radius 1 is 1.30 bits per heavy atom. The van der Waals surface area contributed by atoms with Crippen LogP contribution in [0.15, 0.2) is 24.3 Å². The maximum absolute atomic E-state index is 12.6. The Bertz CT molecular complexity index is 667. The van der Waals surface area contributed by atoms with E-state index in [4.69, 9.17) is 10.5 Å². The average Bonchev–Trinajstić information content (AvgIpc) is 2.67. The Balaban J connectivity index is 1.86. The summed E-state index contributed by atoms with van der Waals surface area (Å²) in [5.74, 6) is -0.0407. The van der Waals surface area contributed by atoms with Crippen LogP contribution >= 0.6 is 0 Å². The van der Waals surface area contributed by atoms with Crippen LogP contribution in [0.2, 0.25) is 0 Å². The van der Waals surface area contributed by atoms with Crippen LogP contribution < -0.4 is 15.8 Å². The van der Waals surface area contributed by atoms with E-state index < -0.39 is 4.92 Å². The van der Waals surface area contributed by atoms with Gasteiger partial charge in [0, 0.05) is 38.2 Å². The molecule has 0 spiro atoms. The smallest absolute Gasteiger partial charge is 0.310 e. The highest BCUT2D eigenvalue weighted by atomic mass is 16.6. The van der Waals surface area contributed by atoms with Crippen LogP contribution in [-0.4, -0.2) is 53.9 Å². The van der Waals surface area contributed by atoms with Crippen molar-refractivity contribution < 1.29 is 19.2 Å². The molecule has 1 aliphatic rings. The van der Waals surface area contributed by atoms with E-state index in [2.05, 4.69) is 5.32 Å². The molecule has 0 saturated carbocycles. The minimum Gasteiger partial charge on any atom is -0.486 e. The van der Waals surface area contributed by atoms with Crippen LogP contribution in [0.5, 0.6) is 5.75 Å². The maximum Gasteiger partial charge on any atom is 0.310 e. The fourth-order valence-electron chi connectivity index (χ4n) is 3.11. The normalized spacial score (nSPS) is 16.6. The topological polar surface area (TPSA) is 128 Å². The number of nitro groups is 1. The van der Waals surface area contributed by atoms with Gasteiger partial charge < -0.3 is 20.7 Å². The fraction of sp³-hybridized carbons (Fsp3) is 0.556. The number of hydrogen-bond acceptors (Lipinski definition) is 6. The molecule has 1 fully saturated rings. The van der Waals surface area contributed by atoms with Gasteiger partial charge in [0.05, 0.1) is 18.0 Å². The third-order valence-corrected chi connectivity index (χ3v) is 4.49. The molecule has 3 N–H and O–H groups in total. The number of hydrogen-bond donors (Lipinski definition) is 2. The molecule has 2 rings (SSSR count). The zero-order valence-corrected chi connectivity index (χ0v) is 15.3. The number of likely N-dealkylation sites (tertiary alicyclic amines) is 1. The number of nitro benzene ring substituents is 1. The van der Waals surface area contributed by atoms with Gasteiger partial charge in [-0.15, -0.1) is 0 Å². The Morgan fingerprint density at radius 2 is 2.07 bits per heavy atom. The van der Waals surface area contributed by atoms with Gasteiger partial charge in [-0.3, -0.25) is 19.7 Å². The molecular weight excluding hydrogens is 352 g/mol. The highest BCUT2D eigenvalue weighted by Gasteiger charge is 2.27. The van der Waals surface area contributed by atoms with Crippen LogP contribution in [0.3, 0.4) is 0 Å². The summed E-state index contributed by atoms with van der Waals surface area (Å²) in [7, 11) is 0.